The highest BCUT2D eigenvalue weighted by molar-refractivity contribution is 5.98. The Morgan fingerprint density at radius 2 is 1.76 bits per heavy atom. The molecule has 1 atom stereocenters. The van der Waals surface area contributed by atoms with E-state index in [0.717, 1.165) is 40.7 Å². The van der Waals surface area contributed by atoms with Crippen LogP contribution in [0.1, 0.15) is 53.1 Å². The van der Waals surface area contributed by atoms with Crippen LogP contribution in [0, 0.1) is 5.82 Å². The summed E-state index contributed by atoms with van der Waals surface area (Å²) in [5, 5.41) is 9.84. The second-order valence-electron chi connectivity index (χ2n) is 9.66. The minimum atomic E-state index is -0.810. The van der Waals surface area contributed by atoms with Crippen LogP contribution in [0.5, 0.6) is 0 Å². The zero-order valence-corrected chi connectivity index (χ0v) is 20.6. The van der Waals surface area contributed by atoms with E-state index in [9.17, 15) is 14.0 Å². The van der Waals surface area contributed by atoms with Crippen LogP contribution in [0.15, 0.2) is 78.9 Å². The molecular weight excluding hydrogens is 467 g/mol. The van der Waals surface area contributed by atoms with Crippen LogP contribution >= 0.6 is 0 Å². The van der Waals surface area contributed by atoms with E-state index in [1.807, 2.05) is 47.4 Å². The molecule has 1 N–H and O–H groups in total. The predicted molar refractivity (Wildman–Crippen MR) is 142 cm³/mol. The standard InChI is InChI=1S/C31H29FN2O3/c32-27-13-10-22(11-14-27)30-23(8-4-5-9-29(35)36)18-26-19-24(12-15-28(26)33-30)31(37)34-17-16-25(20-34)21-6-2-1-3-7-21/h1-3,6-7,10-15,18-19,25H,4-5,8-9,16-17,20H2,(H,35,36). The van der Waals surface area contributed by atoms with Gasteiger partial charge in [0, 0.05) is 41.9 Å². The number of halogens is 1. The molecule has 1 saturated heterocycles. The molecule has 5 nitrogen and oxygen atoms in total. The summed E-state index contributed by atoms with van der Waals surface area (Å²) in [7, 11) is 0. The second kappa shape index (κ2) is 10.9. The van der Waals surface area contributed by atoms with Crippen LogP contribution in [-0.2, 0) is 11.2 Å². The van der Waals surface area contributed by atoms with Crippen molar-refractivity contribution in [2.45, 2.75) is 38.0 Å². The van der Waals surface area contributed by atoms with E-state index in [2.05, 4.69) is 12.1 Å². The Morgan fingerprint density at radius 3 is 2.51 bits per heavy atom. The average molecular weight is 497 g/mol. The van der Waals surface area contributed by atoms with Crippen LogP contribution < -0.4 is 0 Å². The molecule has 0 aliphatic carbocycles. The lowest BCUT2D eigenvalue weighted by atomic mass is 9.98. The van der Waals surface area contributed by atoms with E-state index in [0.29, 0.717) is 37.3 Å². The molecule has 2 heterocycles. The molecular formula is C31H29FN2O3. The first kappa shape index (κ1) is 24.6. The minimum Gasteiger partial charge on any atom is -0.481 e. The Labute approximate surface area is 215 Å². The van der Waals surface area contributed by atoms with Gasteiger partial charge in [0.05, 0.1) is 11.2 Å². The Hall–Kier alpha value is -4.06. The molecule has 1 amide bonds. The van der Waals surface area contributed by atoms with Crippen LogP contribution in [0.2, 0.25) is 0 Å². The molecule has 1 aliphatic rings. The number of aromatic nitrogens is 1. The van der Waals surface area contributed by atoms with E-state index >= 15 is 0 Å². The first-order valence-electron chi connectivity index (χ1n) is 12.7. The fraction of sp³-hybridized carbons (Fsp3) is 0.258. The van der Waals surface area contributed by atoms with Crippen molar-refractivity contribution in [1.29, 1.82) is 0 Å². The summed E-state index contributed by atoms with van der Waals surface area (Å²) in [4.78, 5) is 31.1. The molecule has 37 heavy (non-hydrogen) atoms. The van der Waals surface area contributed by atoms with E-state index in [4.69, 9.17) is 10.1 Å². The number of carbonyl (C=O) groups excluding carboxylic acids is 1. The maximum absolute atomic E-state index is 13.5. The molecule has 3 aromatic carbocycles. The van der Waals surface area contributed by atoms with Crippen molar-refractivity contribution >= 4 is 22.8 Å². The molecule has 0 radical (unpaired) electrons. The summed E-state index contributed by atoms with van der Waals surface area (Å²) in [6.07, 6.45) is 2.97. The molecule has 0 spiro atoms. The Bertz CT molecular complexity index is 1420. The number of likely N-dealkylation sites (tertiary alicyclic amines) is 1. The molecule has 1 aliphatic heterocycles. The third-order valence-corrected chi connectivity index (χ3v) is 7.09. The van der Waals surface area contributed by atoms with Gasteiger partial charge in [-0.3, -0.25) is 9.59 Å². The Balaban J connectivity index is 1.41. The minimum absolute atomic E-state index is 0.0194. The number of hydrogen-bond donors (Lipinski definition) is 1. The number of carboxylic acids is 1. The van der Waals surface area contributed by atoms with Gasteiger partial charge in [0.15, 0.2) is 0 Å². The van der Waals surface area contributed by atoms with Gasteiger partial charge in [-0.05, 0) is 85.3 Å². The van der Waals surface area contributed by atoms with E-state index in [-0.39, 0.29) is 18.1 Å². The van der Waals surface area contributed by atoms with Crippen molar-refractivity contribution in [3.63, 3.8) is 0 Å². The van der Waals surface area contributed by atoms with Crippen molar-refractivity contribution in [1.82, 2.24) is 9.88 Å². The normalized spacial score (nSPS) is 15.3. The summed E-state index contributed by atoms with van der Waals surface area (Å²) in [5.41, 5.74) is 5.18. The molecule has 0 bridgehead atoms. The smallest absolute Gasteiger partial charge is 0.303 e. The number of nitrogens with zero attached hydrogens (tertiary/aromatic N) is 2. The number of carbonyl (C=O) groups is 2. The van der Waals surface area contributed by atoms with Crippen molar-refractivity contribution in [3.05, 3.63) is 101 Å². The predicted octanol–water partition coefficient (Wildman–Crippen LogP) is 6.47. The van der Waals surface area contributed by atoms with Gasteiger partial charge in [-0.15, -0.1) is 0 Å². The topological polar surface area (TPSA) is 70.5 Å². The number of aliphatic carboxylic acids is 1. The molecule has 1 aromatic heterocycles. The van der Waals surface area contributed by atoms with E-state index < -0.39 is 5.97 Å². The maximum atomic E-state index is 13.5. The zero-order chi connectivity index (χ0) is 25.8. The Kier molecular flexibility index (Phi) is 7.26. The quantitative estimate of drug-likeness (QED) is 0.284. The lowest BCUT2D eigenvalue weighted by Gasteiger charge is -2.17. The highest BCUT2D eigenvalue weighted by Crippen LogP contribution is 2.30. The van der Waals surface area contributed by atoms with Gasteiger partial charge in [-0.2, -0.15) is 0 Å². The monoisotopic (exact) mass is 496 g/mol. The number of carboxylic acid groups (broad SMARTS) is 1. The fourth-order valence-electron chi connectivity index (χ4n) is 5.12. The maximum Gasteiger partial charge on any atom is 0.303 e. The number of aryl methyl sites for hydroxylation is 1. The highest BCUT2D eigenvalue weighted by atomic mass is 19.1. The third-order valence-electron chi connectivity index (χ3n) is 7.09. The first-order chi connectivity index (χ1) is 18.0. The van der Waals surface area contributed by atoms with Gasteiger partial charge < -0.3 is 10.0 Å². The van der Waals surface area contributed by atoms with Crippen molar-refractivity contribution in [2.75, 3.05) is 13.1 Å². The number of hydrogen-bond acceptors (Lipinski definition) is 3. The first-order valence-corrected chi connectivity index (χ1v) is 12.7. The van der Waals surface area contributed by atoms with Crippen molar-refractivity contribution in [2.24, 2.45) is 0 Å². The highest BCUT2D eigenvalue weighted by Gasteiger charge is 2.28. The summed E-state index contributed by atoms with van der Waals surface area (Å²) in [6.45, 7) is 1.43. The molecule has 1 unspecified atom stereocenters. The molecule has 1 fully saturated rings. The summed E-state index contributed by atoms with van der Waals surface area (Å²) in [5.74, 6) is -0.754. The van der Waals surface area contributed by atoms with Gasteiger partial charge in [0.25, 0.3) is 5.91 Å². The van der Waals surface area contributed by atoms with Crippen molar-refractivity contribution in [3.8, 4) is 11.3 Å². The average Bonchev–Trinajstić information content (AvgIpc) is 3.41. The fourth-order valence-corrected chi connectivity index (χ4v) is 5.12. The summed E-state index contributed by atoms with van der Waals surface area (Å²) >= 11 is 0. The van der Waals surface area contributed by atoms with Crippen LogP contribution in [-0.4, -0.2) is 40.0 Å². The lowest BCUT2D eigenvalue weighted by molar-refractivity contribution is -0.137. The van der Waals surface area contributed by atoms with E-state index in [1.54, 1.807) is 12.1 Å². The molecule has 0 saturated carbocycles. The number of rotatable bonds is 8. The summed E-state index contributed by atoms with van der Waals surface area (Å²) < 4.78 is 13.5. The van der Waals surface area contributed by atoms with Crippen LogP contribution in [0.4, 0.5) is 4.39 Å². The number of unbranched alkanes of at least 4 members (excludes halogenated alkanes) is 1. The number of fused-ring (bicyclic) bond motifs is 1. The largest absolute Gasteiger partial charge is 0.481 e. The van der Waals surface area contributed by atoms with Crippen molar-refractivity contribution < 1.29 is 19.1 Å². The van der Waals surface area contributed by atoms with Gasteiger partial charge in [0.1, 0.15) is 5.82 Å². The van der Waals surface area contributed by atoms with Gasteiger partial charge >= 0.3 is 5.97 Å². The lowest BCUT2D eigenvalue weighted by Crippen LogP contribution is -2.28. The number of benzene rings is 3. The second-order valence-corrected chi connectivity index (χ2v) is 9.66. The number of amides is 1. The Morgan fingerprint density at radius 1 is 0.973 bits per heavy atom. The SMILES string of the molecule is O=C(O)CCCCc1cc2cc(C(=O)N3CCC(c4ccccc4)C3)ccc2nc1-c1ccc(F)cc1. The molecule has 4 aromatic rings. The summed E-state index contributed by atoms with van der Waals surface area (Å²) in [6, 6.07) is 24.2. The third kappa shape index (κ3) is 5.69. The molecule has 5 rings (SSSR count). The number of pyridine rings is 1. The van der Waals surface area contributed by atoms with Crippen LogP contribution in [0.25, 0.3) is 22.2 Å². The van der Waals surface area contributed by atoms with Gasteiger partial charge in [-0.25, -0.2) is 9.37 Å². The van der Waals surface area contributed by atoms with Gasteiger partial charge in [0.2, 0.25) is 0 Å². The zero-order valence-electron chi connectivity index (χ0n) is 20.6. The molecule has 188 valence electrons. The van der Waals surface area contributed by atoms with E-state index in [1.165, 1.54) is 17.7 Å². The van der Waals surface area contributed by atoms with Gasteiger partial charge in [-0.1, -0.05) is 30.3 Å². The van der Waals surface area contributed by atoms with Crippen LogP contribution in [0.3, 0.4) is 0 Å². The molecule has 6 heteroatoms.